The van der Waals surface area contributed by atoms with E-state index in [4.69, 9.17) is 16.0 Å². The number of allylic oxidation sites excluding steroid dienone is 4. The molecule has 0 aliphatic heterocycles. The van der Waals surface area contributed by atoms with Crippen molar-refractivity contribution in [2.45, 2.75) is 6.42 Å². The monoisotopic (exact) mass is 204 g/mol. The molecule has 62 valence electrons. The Balaban J connectivity index is 0.000000180. The molecule has 0 aromatic carbocycles. The van der Waals surface area contributed by atoms with Crippen LogP contribution in [0.1, 0.15) is 6.42 Å². The molecule has 10 heavy (non-hydrogen) atoms. The van der Waals surface area contributed by atoms with E-state index >= 15 is 0 Å². The molecule has 0 unspecified atom stereocenters. The van der Waals surface area contributed by atoms with Gasteiger partial charge in [-0.2, -0.15) is 0 Å². The first-order chi connectivity index (χ1) is 4.63. The van der Waals surface area contributed by atoms with Gasteiger partial charge in [0.05, 0.1) is 0 Å². The van der Waals surface area contributed by atoms with E-state index < -0.39 is 0 Å². The maximum atomic E-state index is 4.93. The molecule has 0 bridgehead atoms. The zero-order chi connectivity index (χ0) is 7.98. The van der Waals surface area contributed by atoms with Gasteiger partial charge in [0.1, 0.15) is 0 Å². The van der Waals surface area contributed by atoms with Crippen LogP contribution in [0, 0.1) is 0 Å². The van der Waals surface area contributed by atoms with Gasteiger partial charge in [-0.3, -0.25) is 0 Å². The van der Waals surface area contributed by atoms with E-state index in [1.54, 1.807) is 0 Å². The van der Waals surface area contributed by atoms with Crippen molar-refractivity contribution in [2.24, 2.45) is 0 Å². The first-order valence-corrected chi connectivity index (χ1v) is 6.36. The van der Waals surface area contributed by atoms with Gasteiger partial charge in [0, 0.05) is 0 Å². The summed E-state index contributed by atoms with van der Waals surface area (Å²) in [6.45, 7) is 6.69. The molecule has 0 amide bonds. The number of rotatable bonds is 0. The fraction of sp³-hybridized carbons (Fsp3) is 0.500. The van der Waals surface area contributed by atoms with Crippen LogP contribution in [0.3, 0.4) is 0 Å². The van der Waals surface area contributed by atoms with Crippen molar-refractivity contribution in [3.8, 4) is 0 Å². The van der Waals surface area contributed by atoms with Gasteiger partial charge in [-0.05, 0) is 20.0 Å². The molecular formula is C8H14CuP. The van der Waals surface area contributed by atoms with Gasteiger partial charge in [-0.1, -0.05) is 0 Å². The summed E-state index contributed by atoms with van der Waals surface area (Å²) in [5, 5.41) is 0. The second kappa shape index (κ2) is 6.16. The molecule has 0 saturated carbocycles. The van der Waals surface area contributed by atoms with Crippen LogP contribution in [0.25, 0.3) is 0 Å². The summed E-state index contributed by atoms with van der Waals surface area (Å²) in [6, 6.07) is 0. The van der Waals surface area contributed by atoms with Crippen LogP contribution in [0.5, 0.6) is 0 Å². The summed E-state index contributed by atoms with van der Waals surface area (Å²) >= 11 is 4.93. The fourth-order valence-electron chi connectivity index (χ4n) is 0.405. The van der Waals surface area contributed by atoms with Crippen molar-refractivity contribution in [3.05, 3.63) is 22.7 Å². The minimum atomic E-state index is 0.380. The summed E-state index contributed by atoms with van der Waals surface area (Å²) < 4.78 is 1.03. The number of hydrogen-bond donors (Lipinski definition) is 0. The Morgan fingerprint density at radius 3 is 2.00 bits per heavy atom. The van der Waals surface area contributed by atoms with Crippen molar-refractivity contribution in [3.63, 3.8) is 0 Å². The molecule has 0 nitrogen and oxygen atoms in total. The molecule has 0 heterocycles. The van der Waals surface area contributed by atoms with Crippen LogP contribution in [0.15, 0.2) is 22.7 Å². The van der Waals surface area contributed by atoms with E-state index in [2.05, 4.69) is 26.1 Å². The summed E-state index contributed by atoms with van der Waals surface area (Å²) in [6.07, 6.45) is 6.95. The topological polar surface area (TPSA) is 0 Å². The predicted molar refractivity (Wildman–Crippen MR) is 46.5 cm³/mol. The third kappa shape index (κ3) is 8.43. The molecule has 0 saturated heterocycles. The molecule has 0 spiro atoms. The maximum absolute atomic E-state index is 4.93. The molecule has 0 radical (unpaired) electrons. The molecule has 0 fully saturated rings. The van der Waals surface area contributed by atoms with E-state index in [1.807, 2.05) is 12.2 Å². The zero-order valence-electron chi connectivity index (χ0n) is 6.69. The van der Waals surface area contributed by atoms with E-state index in [0.29, 0.717) is 7.92 Å². The molecule has 0 aromatic heterocycles. The van der Waals surface area contributed by atoms with Crippen molar-refractivity contribution in [2.75, 3.05) is 20.0 Å². The molecule has 2 heteroatoms. The fourth-order valence-corrected chi connectivity index (χ4v) is 0.606. The molecule has 1 rings (SSSR count). The van der Waals surface area contributed by atoms with Gasteiger partial charge in [-0.25, -0.2) is 0 Å². The standard InChI is InChI=1S/C5H5.C3H9P.Cu/c1-2-4-5-3-1;1-4(2)3;/h1-3H,4H2;1-3H3;. The zero-order valence-corrected chi connectivity index (χ0v) is 8.52. The summed E-state index contributed by atoms with van der Waals surface area (Å²) in [7, 11) is 0.380. The molecule has 0 aromatic rings. The molecule has 0 N–H and O–H groups in total. The van der Waals surface area contributed by atoms with Crippen LogP contribution >= 0.6 is 7.92 Å². The molecule has 1 aliphatic carbocycles. The second-order valence-corrected chi connectivity index (χ2v) is 5.83. The third-order valence-electron chi connectivity index (χ3n) is 0.698. The van der Waals surface area contributed by atoms with Gasteiger partial charge < -0.3 is 0 Å². The van der Waals surface area contributed by atoms with E-state index in [9.17, 15) is 0 Å². The van der Waals surface area contributed by atoms with Crippen molar-refractivity contribution < 1.29 is 16.0 Å². The van der Waals surface area contributed by atoms with Gasteiger partial charge in [0.15, 0.2) is 0 Å². The summed E-state index contributed by atoms with van der Waals surface area (Å²) in [4.78, 5) is 0. The average molecular weight is 205 g/mol. The Bertz CT molecular complexity index is 133. The van der Waals surface area contributed by atoms with Gasteiger partial charge >= 0.3 is 45.1 Å². The Morgan fingerprint density at radius 1 is 1.40 bits per heavy atom. The third-order valence-corrected chi connectivity index (χ3v) is 1.05. The first-order valence-electron chi connectivity index (χ1n) is 3.21. The van der Waals surface area contributed by atoms with Gasteiger partial charge in [-0.15, -0.1) is 7.92 Å². The van der Waals surface area contributed by atoms with Crippen LogP contribution in [0.4, 0.5) is 0 Å². The first kappa shape index (κ1) is 10.4. The van der Waals surface area contributed by atoms with Crippen molar-refractivity contribution in [1.29, 1.82) is 0 Å². The molecule has 0 atom stereocenters. The van der Waals surface area contributed by atoms with Crippen LogP contribution < -0.4 is 0 Å². The van der Waals surface area contributed by atoms with E-state index in [-0.39, 0.29) is 0 Å². The normalized spacial score (nSPS) is 14.8. The van der Waals surface area contributed by atoms with E-state index in [0.717, 1.165) is 10.9 Å². The van der Waals surface area contributed by atoms with Crippen LogP contribution in [0.2, 0.25) is 0 Å². The quantitative estimate of drug-likeness (QED) is 0.421. The Kier molecular flexibility index (Phi) is 6.42. The molecule has 1 aliphatic rings. The van der Waals surface area contributed by atoms with Crippen molar-refractivity contribution >= 4 is 7.92 Å². The van der Waals surface area contributed by atoms with Gasteiger partial charge in [0.25, 0.3) is 0 Å². The average Bonchev–Trinajstić information content (AvgIpc) is 2.15. The second-order valence-electron chi connectivity index (χ2n) is 2.54. The van der Waals surface area contributed by atoms with E-state index in [1.165, 1.54) is 0 Å². The SMILES string of the molecule is CP(C)C.[Cu][C]1=CC=CC1. The van der Waals surface area contributed by atoms with Crippen LogP contribution in [-0.4, -0.2) is 20.0 Å². The minimum absolute atomic E-state index is 0.380. The Labute approximate surface area is 73.3 Å². The molecular weight excluding hydrogens is 191 g/mol. The Morgan fingerprint density at radius 2 is 1.90 bits per heavy atom. The van der Waals surface area contributed by atoms with Gasteiger partial charge in [0.2, 0.25) is 0 Å². The van der Waals surface area contributed by atoms with Crippen molar-refractivity contribution in [1.82, 2.24) is 0 Å². The summed E-state index contributed by atoms with van der Waals surface area (Å²) in [5.74, 6) is 0. The number of hydrogen-bond acceptors (Lipinski definition) is 0. The predicted octanol–water partition coefficient (Wildman–Crippen LogP) is 2.73. The Hall–Kier alpha value is 0.429. The summed E-state index contributed by atoms with van der Waals surface area (Å²) in [5.41, 5.74) is 0. The van der Waals surface area contributed by atoms with Crippen LogP contribution in [-0.2, 0) is 16.0 Å².